The quantitative estimate of drug-likeness (QED) is 0.129. The van der Waals surface area contributed by atoms with Gasteiger partial charge in [-0.05, 0) is 63.1 Å². The van der Waals surface area contributed by atoms with Crippen molar-refractivity contribution in [2.75, 3.05) is 26.2 Å². The zero-order chi connectivity index (χ0) is 39.4. The van der Waals surface area contributed by atoms with Crippen molar-refractivity contribution in [3.05, 3.63) is 77.1 Å². The number of benzene rings is 2. The molecule has 0 spiro atoms. The summed E-state index contributed by atoms with van der Waals surface area (Å²) >= 11 is 0. The summed E-state index contributed by atoms with van der Waals surface area (Å²) in [5.41, 5.74) is 7.40. The molecule has 284 valence electrons. The molecule has 2 aromatic rings. The van der Waals surface area contributed by atoms with Crippen molar-refractivity contribution in [3.63, 3.8) is 0 Å². The number of fused-ring (bicyclic) bond motifs is 1. The SMILES string of the molecule is NCCCNCCCCNCc1ccc(OC2=CC(=O)c3ccccc3C2=O)cc1.O=C(O)C(F)(F)F.O=C(O)C(F)(F)F.O=C(O)C(F)(F)F. The van der Waals surface area contributed by atoms with Gasteiger partial charge >= 0.3 is 36.4 Å². The van der Waals surface area contributed by atoms with E-state index in [0.29, 0.717) is 16.9 Å². The molecule has 0 aliphatic heterocycles. The van der Waals surface area contributed by atoms with Crippen molar-refractivity contribution in [2.45, 2.75) is 44.3 Å². The lowest BCUT2D eigenvalue weighted by Gasteiger charge is -2.15. The number of ether oxygens (including phenoxy) is 1. The molecule has 7 N–H and O–H groups in total. The fourth-order valence-corrected chi connectivity index (χ4v) is 3.25. The Balaban J connectivity index is 0.000000966. The van der Waals surface area contributed by atoms with Crippen LogP contribution < -0.4 is 21.1 Å². The highest BCUT2D eigenvalue weighted by atomic mass is 19.4. The average Bonchev–Trinajstić information content (AvgIpc) is 3.03. The van der Waals surface area contributed by atoms with E-state index in [4.69, 9.17) is 40.2 Å². The molecule has 0 amide bonds. The molecule has 0 atom stereocenters. The van der Waals surface area contributed by atoms with Crippen LogP contribution in [0.3, 0.4) is 0 Å². The van der Waals surface area contributed by atoms with Gasteiger partial charge in [-0.3, -0.25) is 9.59 Å². The highest BCUT2D eigenvalue weighted by molar-refractivity contribution is 6.23. The maximum atomic E-state index is 12.6. The molecule has 0 aromatic heterocycles. The second-order valence-corrected chi connectivity index (χ2v) is 9.68. The smallest absolute Gasteiger partial charge is 0.475 e. The highest BCUT2D eigenvalue weighted by Crippen LogP contribution is 2.24. The van der Waals surface area contributed by atoms with E-state index in [1.165, 1.54) is 6.08 Å². The van der Waals surface area contributed by atoms with Crippen LogP contribution in [-0.4, -0.2) is 89.5 Å². The monoisotopic (exact) mass is 749 g/mol. The van der Waals surface area contributed by atoms with Gasteiger partial charge in [-0.25, -0.2) is 14.4 Å². The first kappa shape index (κ1) is 46.0. The van der Waals surface area contributed by atoms with E-state index in [1.54, 1.807) is 24.3 Å². The number of carboxylic acids is 3. The van der Waals surface area contributed by atoms with Gasteiger partial charge in [0.15, 0.2) is 11.5 Å². The number of ketones is 2. The van der Waals surface area contributed by atoms with E-state index in [2.05, 4.69) is 10.6 Å². The first-order chi connectivity index (χ1) is 23.5. The third-order valence-corrected chi connectivity index (χ3v) is 5.65. The Morgan fingerprint density at radius 2 is 1.06 bits per heavy atom. The summed E-state index contributed by atoms with van der Waals surface area (Å²) in [6, 6.07) is 14.3. The lowest BCUT2D eigenvalue weighted by Crippen LogP contribution is -2.21. The predicted octanol–water partition coefficient (Wildman–Crippen LogP) is 4.74. The maximum absolute atomic E-state index is 12.6. The van der Waals surface area contributed by atoms with Crippen LogP contribution in [0.5, 0.6) is 5.75 Å². The first-order valence-electron chi connectivity index (χ1n) is 14.2. The summed E-state index contributed by atoms with van der Waals surface area (Å²) in [5.74, 6) is -8.16. The Hall–Kier alpha value is -5.02. The molecular formula is C30H32F9N3O9. The van der Waals surface area contributed by atoms with Gasteiger partial charge in [0.2, 0.25) is 5.78 Å². The zero-order valence-corrected chi connectivity index (χ0v) is 26.1. The number of unbranched alkanes of at least 4 members (excludes halogenated alkanes) is 1. The number of carbonyl (C=O) groups is 5. The Morgan fingerprint density at radius 3 is 1.49 bits per heavy atom. The molecule has 1 aliphatic carbocycles. The summed E-state index contributed by atoms with van der Waals surface area (Å²) in [5, 5.41) is 28.2. The number of Topliss-reactive ketones (excluding diaryl/α,β-unsaturated/α-hetero) is 1. The second kappa shape index (κ2) is 21.9. The van der Waals surface area contributed by atoms with Crippen molar-refractivity contribution in [2.24, 2.45) is 5.73 Å². The van der Waals surface area contributed by atoms with Gasteiger partial charge in [-0.1, -0.05) is 36.4 Å². The fourth-order valence-electron chi connectivity index (χ4n) is 3.25. The summed E-state index contributed by atoms with van der Waals surface area (Å²) in [6.45, 7) is 4.48. The molecule has 2 aromatic carbocycles. The Kier molecular flexibility index (Phi) is 19.8. The number of carboxylic acid groups (broad SMARTS) is 3. The number of nitrogens with two attached hydrogens (primary N) is 1. The van der Waals surface area contributed by atoms with Crippen LogP contribution in [0.1, 0.15) is 45.5 Å². The minimum Gasteiger partial charge on any atom is -0.475 e. The van der Waals surface area contributed by atoms with Gasteiger partial charge in [0.05, 0.1) is 0 Å². The molecule has 0 unspecified atom stereocenters. The third-order valence-electron chi connectivity index (χ3n) is 5.65. The van der Waals surface area contributed by atoms with Crippen molar-refractivity contribution in [1.82, 2.24) is 10.6 Å². The van der Waals surface area contributed by atoms with Crippen LogP contribution in [0.25, 0.3) is 0 Å². The van der Waals surface area contributed by atoms with Crippen LogP contribution in [0.15, 0.2) is 60.4 Å². The van der Waals surface area contributed by atoms with E-state index >= 15 is 0 Å². The van der Waals surface area contributed by atoms with E-state index in [9.17, 15) is 49.1 Å². The fraction of sp³-hybridized carbons (Fsp3) is 0.367. The van der Waals surface area contributed by atoms with Crippen molar-refractivity contribution >= 4 is 29.5 Å². The van der Waals surface area contributed by atoms with E-state index in [-0.39, 0.29) is 17.3 Å². The normalized spacial score (nSPS) is 12.4. The molecule has 51 heavy (non-hydrogen) atoms. The van der Waals surface area contributed by atoms with Gasteiger partial charge in [0.1, 0.15) is 5.75 Å². The molecule has 21 heteroatoms. The largest absolute Gasteiger partial charge is 0.490 e. The third kappa shape index (κ3) is 19.7. The van der Waals surface area contributed by atoms with Crippen LogP contribution in [0.2, 0.25) is 0 Å². The Labute approximate surface area is 283 Å². The Bertz CT molecular complexity index is 1420. The number of halogens is 9. The lowest BCUT2D eigenvalue weighted by molar-refractivity contribution is -0.193. The minimum atomic E-state index is -5.08. The number of carbonyl (C=O) groups excluding carboxylic acids is 2. The molecule has 12 nitrogen and oxygen atoms in total. The number of rotatable bonds is 12. The number of alkyl halides is 9. The predicted molar refractivity (Wildman–Crippen MR) is 159 cm³/mol. The van der Waals surface area contributed by atoms with E-state index in [1.807, 2.05) is 24.3 Å². The van der Waals surface area contributed by atoms with Crippen molar-refractivity contribution in [1.29, 1.82) is 0 Å². The van der Waals surface area contributed by atoms with Gasteiger partial charge in [-0.15, -0.1) is 0 Å². The van der Waals surface area contributed by atoms with Gasteiger partial charge in [0.25, 0.3) is 0 Å². The van der Waals surface area contributed by atoms with E-state index < -0.39 is 36.4 Å². The van der Waals surface area contributed by atoms with Crippen LogP contribution in [0, 0.1) is 0 Å². The average molecular weight is 750 g/mol. The van der Waals surface area contributed by atoms with Gasteiger partial charge in [0, 0.05) is 23.7 Å². The summed E-state index contributed by atoms with van der Waals surface area (Å²) in [7, 11) is 0. The highest BCUT2D eigenvalue weighted by Gasteiger charge is 2.39. The molecule has 0 bridgehead atoms. The minimum absolute atomic E-state index is 0.0599. The number of nitrogens with one attached hydrogen (secondary N) is 2. The molecule has 0 saturated carbocycles. The van der Waals surface area contributed by atoms with Crippen LogP contribution in [0.4, 0.5) is 39.5 Å². The zero-order valence-electron chi connectivity index (χ0n) is 26.1. The van der Waals surface area contributed by atoms with Crippen molar-refractivity contribution in [3.8, 4) is 5.75 Å². The Morgan fingerprint density at radius 1 is 0.647 bits per heavy atom. The lowest BCUT2D eigenvalue weighted by atomic mass is 9.94. The van der Waals surface area contributed by atoms with Crippen molar-refractivity contribution < 1.29 is 83.5 Å². The number of allylic oxidation sites excluding steroid dienone is 2. The molecule has 0 saturated heterocycles. The van der Waals surface area contributed by atoms with E-state index in [0.717, 1.165) is 57.5 Å². The molecule has 0 fully saturated rings. The van der Waals surface area contributed by atoms with Gasteiger partial charge < -0.3 is 36.4 Å². The summed E-state index contributed by atoms with van der Waals surface area (Å²) < 4.78 is 101. The van der Waals surface area contributed by atoms with Crippen LogP contribution in [-0.2, 0) is 20.9 Å². The number of hydrogen-bond donors (Lipinski definition) is 6. The molecule has 0 heterocycles. The summed E-state index contributed by atoms with van der Waals surface area (Å²) in [4.78, 5) is 51.5. The maximum Gasteiger partial charge on any atom is 0.490 e. The number of aliphatic carboxylic acids is 3. The van der Waals surface area contributed by atoms with Gasteiger partial charge in [-0.2, -0.15) is 39.5 Å². The standard InChI is InChI=1S/C24H29N3O3.3C2HF3O2/c25-12-5-15-26-13-3-4-14-27-17-18-8-10-19(11-9-18)30-23-16-22(28)20-6-1-2-7-21(20)24(23)29;3*3-2(4,5)1(6)7/h1-2,6-11,16,26-27H,3-5,12-15,17,25H2;3*(H,6,7). The first-order valence-corrected chi connectivity index (χ1v) is 14.2. The second-order valence-electron chi connectivity index (χ2n) is 9.68. The molecule has 0 radical (unpaired) electrons. The molecule has 1 aliphatic rings. The topological polar surface area (TPSA) is 205 Å². The number of hydrogen-bond acceptors (Lipinski definition) is 9. The molecule has 3 rings (SSSR count). The van der Waals surface area contributed by atoms with Crippen LogP contribution >= 0.6 is 0 Å². The molecular weight excluding hydrogens is 717 g/mol. The summed E-state index contributed by atoms with van der Waals surface area (Å²) in [6.07, 6.45) is -10.7.